The summed E-state index contributed by atoms with van der Waals surface area (Å²) in [6.45, 7) is 8.84. The van der Waals surface area contributed by atoms with E-state index in [1.54, 1.807) is 12.4 Å². The first kappa shape index (κ1) is 22.8. The molecule has 33 heavy (non-hydrogen) atoms. The topological polar surface area (TPSA) is 104 Å². The lowest BCUT2D eigenvalue weighted by molar-refractivity contribution is 0.0940. The van der Waals surface area contributed by atoms with E-state index in [-0.39, 0.29) is 18.0 Å². The largest absolute Gasteiger partial charge is 0.411 e. The van der Waals surface area contributed by atoms with Gasteiger partial charge in [0.25, 0.3) is 5.91 Å². The van der Waals surface area contributed by atoms with Gasteiger partial charge in [0.05, 0.1) is 34.6 Å². The summed E-state index contributed by atoms with van der Waals surface area (Å²) in [7, 11) is 0. The predicted molar refractivity (Wildman–Crippen MR) is 130 cm³/mol. The van der Waals surface area contributed by atoms with E-state index in [1.165, 1.54) is 11.1 Å². The maximum atomic E-state index is 13.4. The van der Waals surface area contributed by atoms with Crippen LogP contribution in [0.5, 0.6) is 0 Å². The van der Waals surface area contributed by atoms with Crippen LogP contribution >= 0.6 is 0 Å². The Bertz CT molecular complexity index is 1170. The summed E-state index contributed by atoms with van der Waals surface area (Å²) in [5.74, 6) is -0.170. The first-order valence-electron chi connectivity index (χ1n) is 11.6. The van der Waals surface area contributed by atoms with Crippen molar-refractivity contribution in [3.63, 3.8) is 0 Å². The highest BCUT2D eigenvalue weighted by atomic mass is 16.4. The zero-order valence-electron chi connectivity index (χ0n) is 19.7. The number of carbonyl (C=O) groups excluding carboxylic acids is 1. The second-order valence-electron chi connectivity index (χ2n) is 8.95. The van der Waals surface area contributed by atoms with E-state index in [0.717, 1.165) is 53.7 Å². The van der Waals surface area contributed by atoms with Gasteiger partial charge in [-0.05, 0) is 58.9 Å². The number of nitrogens with one attached hydrogen (secondary N) is 2. The quantitative estimate of drug-likeness (QED) is 0.373. The number of fused-ring (bicyclic) bond motifs is 1. The van der Waals surface area contributed by atoms with Gasteiger partial charge in [-0.25, -0.2) is 9.67 Å². The molecule has 3 N–H and O–H groups in total. The summed E-state index contributed by atoms with van der Waals surface area (Å²) < 4.78 is 1.83. The molecule has 1 atom stereocenters. The molecular formula is C25H32N6O2. The molecule has 1 amide bonds. The zero-order valence-corrected chi connectivity index (χ0v) is 19.7. The van der Waals surface area contributed by atoms with Crippen molar-refractivity contribution in [1.82, 2.24) is 20.1 Å². The van der Waals surface area contributed by atoms with E-state index < -0.39 is 0 Å². The third-order valence-corrected chi connectivity index (χ3v) is 6.35. The third kappa shape index (κ3) is 4.84. The molecule has 1 fully saturated rings. The van der Waals surface area contributed by atoms with Crippen molar-refractivity contribution in [3.05, 3.63) is 52.8 Å². The van der Waals surface area contributed by atoms with Gasteiger partial charge in [-0.3, -0.25) is 4.79 Å². The van der Waals surface area contributed by atoms with Crippen molar-refractivity contribution in [1.29, 1.82) is 0 Å². The number of anilines is 1. The summed E-state index contributed by atoms with van der Waals surface area (Å²) in [6.07, 6.45) is 6.58. The van der Waals surface area contributed by atoms with Gasteiger partial charge < -0.3 is 15.8 Å². The molecule has 2 heterocycles. The second-order valence-corrected chi connectivity index (χ2v) is 8.95. The summed E-state index contributed by atoms with van der Waals surface area (Å²) >= 11 is 0. The highest BCUT2D eigenvalue weighted by Crippen LogP contribution is 2.30. The van der Waals surface area contributed by atoms with Crippen LogP contribution in [-0.4, -0.2) is 37.6 Å². The molecule has 8 nitrogen and oxygen atoms in total. The lowest BCUT2D eigenvalue weighted by atomic mass is 9.93. The zero-order chi connectivity index (χ0) is 23.5. The van der Waals surface area contributed by atoms with Gasteiger partial charge in [-0.2, -0.15) is 5.10 Å². The molecule has 1 saturated carbocycles. The number of hydrogen-bond donors (Lipinski definition) is 3. The fraction of sp³-hybridized carbons (Fsp3) is 0.440. The predicted octanol–water partition coefficient (Wildman–Crippen LogP) is 4.74. The van der Waals surface area contributed by atoms with Crippen LogP contribution in [0, 0.1) is 13.8 Å². The number of oxime groups is 1. The van der Waals surface area contributed by atoms with Crippen LogP contribution in [0.1, 0.15) is 72.6 Å². The van der Waals surface area contributed by atoms with Crippen molar-refractivity contribution >= 4 is 28.3 Å². The summed E-state index contributed by atoms with van der Waals surface area (Å²) in [4.78, 5) is 18.0. The number of amides is 1. The molecule has 8 heteroatoms. The Hall–Kier alpha value is -3.42. The van der Waals surface area contributed by atoms with Gasteiger partial charge in [0.2, 0.25) is 0 Å². The van der Waals surface area contributed by atoms with Crippen LogP contribution in [0.15, 0.2) is 35.7 Å². The molecule has 0 radical (unpaired) electrons. The van der Waals surface area contributed by atoms with Crippen molar-refractivity contribution < 1.29 is 10.0 Å². The Morgan fingerprint density at radius 1 is 1.21 bits per heavy atom. The molecule has 0 saturated heterocycles. The number of nitrogens with zero attached hydrogens (tertiary/aromatic N) is 4. The number of rotatable bonds is 6. The smallest absolute Gasteiger partial charge is 0.255 e. The minimum atomic E-state index is -0.170. The number of carbonyl (C=O) groups is 1. The molecule has 1 aromatic carbocycles. The van der Waals surface area contributed by atoms with Gasteiger partial charge in [-0.1, -0.05) is 34.5 Å². The molecular weight excluding hydrogens is 416 g/mol. The average Bonchev–Trinajstić information content (AvgIpc) is 3.22. The first-order valence-corrected chi connectivity index (χ1v) is 11.6. The monoisotopic (exact) mass is 448 g/mol. The third-order valence-electron chi connectivity index (χ3n) is 6.35. The van der Waals surface area contributed by atoms with Crippen molar-refractivity contribution in [3.8, 4) is 0 Å². The molecule has 3 aromatic rings. The average molecular weight is 449 g/mol. The number of hydrogen-bond acceptors (Lipinski definition) is 6. The molecule has 4 rings (SSSR count). The van der Waals surface area contributed by atoms with E-state index >= 15 is 0 Å². The van der Waals surface area contributed by atoms with E-state index in [4.69, 9.17) is 5.21 Å². The Kier molecular flexibility index (Phi) is 6.62. The number of pyridine rings is 1. The molecule has 1 aliphatic carbocycles. The van der Waals surface area contributed by atoms with Crippen LogP contribution in [0.4, 0.5) is 5.69 Å². The van der Waals surface area contributed by atoms with E-state index in [2.05, 4.69) is 57.9 Å². The Balaban J connectivity index is 1.64. The van der Waals surface area contributed by atoms with Gasteiger partial charge in [-0.15, -0.1) is 0 Å². The molecule has 1 unspecified atom stereocenters. The number of aryl methyl sites for hydroxylation is 3. The minimum absolute atomic E-state index is 0.143. The van der Waals surface area contributed by atoms with Crippen LogP contribution in [0.2, 0.25) is 0 Å². The van der Waals surface area contributed by atoms with Gasteiger partial charge >= 0.3 is 0 Å². The normalized spacial score (nSPS) is 17.1. The Morgan fingerprint density at radius 3 is 2.55 bits per heavy atom. The summed E-state index contributed by atoms with van der Waals surface area (Å²) in [5.41, 5.74) is 6.28. The number of benzene rings is 1. The van der Waals surface area contributed by atoms with Crippen molar-refractivity contribution in [2.45, 2.75) is 72.0 Å². The molecule has 0 spiro atoms. The van der Waals surface area contributed by atoms with E-state index in [1.807, 2.05) is 18.5 Å². The lowest BCUT2D eigenvalue weighted by Crippen LogP contribution is -2.30. The Morgan fingerprint density at radius 2 is 1.91 bits per heavy atom. The molecule has 174 valence electrons. The van der Waals surface area contributed by atoms with Crippen LogP contribution in [0.25, 0.3) is 11.0 Å². The molecule has 0 aliphatic heterocycles. The van der Waals surface area contributed by atoms with E-state index in [9.17, 15) is 4.79 Å². The highest BCUT2D eigenvalue weighted by molar-refractivity contribution is 6.06. The fourth-order valence-corrected chi connectivity index (χ4v) is 4.60. The van der Waals surface area contributed by atoms with Gasteiger partial charge in [0.15, 0.2) is 5.65 Å². The van der Waals surface area contributed by atoms with Crippen LogP contribution in [0.3, 0.4) is 0 Å². The maximum Gasteiger partial charge on any atom is 0.255 e. The second kappa shape index (κ2) is 9.60. The standard InChI is InChI=1S/C25H32N6O2/c1-5-31-24-21(14-27-31)23(29-19-6-8-20(30-33)9-7-19)22(13-26-24)25(32)28-17(4)18-11-15(2)10-16(3)12-18/h10-14,17,19,33H,5-9H2,1-4H3,(H,26,29)(H,28,32). The van der Waals surface area contributed by atoms with Crippen LogP contribution < -0.4 is 10.6 Å². The van der Waals surface area contributed by atoms with E-state index in [0.29, 0.717) is 12.1 Å². The van der Waals surface area contributed by atoms with Gasteiger partial charge in [0.1, 0.15) is 0 Å². The first-order chi connectivity index (χ1) is 15.9. The molecule has 0 bridgehead atoms. The number of aromatic nitrogens is 3. The lowest BCUT2D eigenvalue weighted by Gasteiger charge is -2.26. The SMILES string of the molecule is CCn1ncc2c(NC3CCC(=NO)CC3)c(C(=O)NC(C)c3cc(C)cc(C)c3)cnc21. The highest BCUT2D eigenvalue weighted by Gasteiger charge is 2.24. The van der Waals surface area contributed by atoms with Crippen LogP contribution in [-0.2, 0) is 6.54 Å². The van der Waals surface area contributed by atoms with Gasteiger partial charge in [0, 0.05) is 18.8 Å². The summed E-state index contributed by atoms with van der Waals surface area (Å²) in [6, 6.07) is 6.36. The van der Waals surface area contributed by atoms with Crippen molar-refractivity contribution in [2.24, 2.45) is 5.16 Å². The molecule has 1 aliphatic rings. The van der Waals surface area contributed by atoms with Crippen molar-refractivity contribution in [2.75, 3.05) is 5.32 Å². The maximum absolute atomic E-state index is 13.4. The fourth-order valence-electron chi connectivity index (χ4n) is 4.60. The summed E-state index contributed by atoms with van der Waals surface area (Å²) in [5, 5.41) is 24.5. The minimum Gasteiger partial charge on any atom is -0.411 e. The Labute approximate surface area is 194 Å². The molecule has 2 aromatic heterocycles.